The molecule has 1 heterocycles. The number of likely N-dealkylation sites (N-methyl/N-ethyl adjacent to an activating group) is 2. The molecule has 5 heteroatoms. The molecule has 112 valence electrons. The van der Waals surface area contributed by atoms with Gasteiger partial charge in [0.2, 0.25) is 5.91 Å². The van der Waals surface area contributed by atoms with Crippen LogP contribution in [-0.2, 0) is 17.9 Å². The minimum atomic E-state index is 0.0518. The molecule has 1 aromatic carbocycles. The molecule has 0 aliphatic rings. The van der Waals surface area contributed by atoms with Crippen molar-refractivity contribution in [3.8, 4) is 0 Å². The zero-order chi connectivity index (χ0) is 15.2. The van der Waals surface area contributed by atoms with Gasteiger partial charge in [0.05, 0.1) is 19.4 Å². The van der Waals surface area contributed by atoms with Gasteiger partial charge >= 0.3 is 0 Å². The van der Waals surface area contributed by atoms with E-state index in [-0.39, 0.29) is 5.91 Å². The standard InChI is InChI=1S/C16H19ClN2O2/c1-18(10-13-5-3-6-14(17)9-13)12-16(20)19(2)11-15-7-4-8-21-15/h3-9H,10-12H2,1-2H3. The Kier molecular flexibility index (Phi) is 5.42. The Labute approximate surface area is 129 Å². The molecule has 0 aliphatic heterocycles. The van der Waals surface area contributed by atoms with Gasteiger partial charge in [0.25, 0.3) is 0 Å². The van der Waals surface area contributed by atoms with Gasteiger partial charge in [-0.25, -0.2) is 0 Å². The highest BCUT2D eigenvalue weighted by atomic mass is 35.5. The summed E-state index contributed by atoms with van der Waals surface area (Å²) < 4.78 is 5.25. The molecule has 1 aromatic heterocycles. The lowest BCUT2D eigenvalue weighted by atomic mass is 10.2. The number of carbonyl (C=O) groups is 1. The molecule has 0 saturated carbocycles. The van der Waals surface area contributed by atoms with Crippen molar-refractivity contribution < 1.29 is 9.21 Å². The van der Waals surface area contributed by atoms with E-state index in [0.29, 0.717) is 24.7 Å². The first kappa shape index (κ1) is 15.6. The monoisotopic (exact) mass is 306 g/mol. The summed E-state index contributed by atoms with van der Waals surface area (Å²) in [4.78, 5) is 15.8. The third-order valence-corrected chi connectivity index (χ3v) is 3.38. The first-order valence-electron chi connectivity index (χ1n) is 6.74. The van der Waals surface area contributed by atoms with E-state index in [2.05, 4.69) is 0 Å². The zero-order valence-corrected chi connectivity index (χ0v) is 13.0. The Bertz CT molecular complexity index is 584. The first-order valence-corrected chi connectivity index (χ1v) is 7.11. The van der Waals surface area contributed by atoms with Gasteiger partial charge in [0.15, 0.2) is 0 Å². The summed E-state index contributed by atoms with van der Waals surface area (Å²) >= 11 is 5.96. The van der Waals surface area contributed by atoms with Crippen LogP contribution in [0, 0.1) is 0 Å². The Hall–Kier alpha value is -1.78. The van der Waals surface area contributed by atoms with Crippen LogP contribution >= 0.6 is 11.6 Å². The third kappa shape index (κ3) is 4.92. The quantitative estimate of drug-likeness (QED) is 0.823. The highest BCUT2D eigenvalue weighted by Crippen LogP contribution is 2.12. The third-order valence-electron chi connectivity index (χ3n) is 3.15. The molecule has 0 saturated heterocycles. The first-order chi connectivity index (χ1) is 10.0. The minimum absolute atomic E-state index is 0.0518. The maximum absolute atomic E-state index is 12.2. The van der Waals surface area contributed by atoms with Crippen LogP contribution in [0.4, 0.5) is 0 Å². The molecule has 0 bridgehead atoms. The molecule has 0 unspecified atom stereocenters. The lowest BCUT2D eigenvalue weighted by Gasteiger charge is -2.21. The summed E-state index contributed by atoms with van der Waals surface area (Å²) in [5.41, 5.74) is 1.09. The highest BCUT2D eigenvalue weighted by molar-refractivity contribution is 6.30. The predicted molar refractivity (Wildman–Crippen MR) is 83.0 cm³/mol. The Morgan fingerprint density at radius 1 is 1.19 bits per heavy atom. The summed E-state index contributed by atoms with van der Waals surface area (Å²) in [5, 5.41) is 0.710. The van der Waals surface area contributed by atoms with Crippen molar-refractivity contribution in [3.63, 3.8) is 0 Å². The van der Waals surface area contributed by atoms with E-state index in [1.165, 1.54) is 0 Å². The molecule has 0 atom stereocenters. The molecule has 0 aliphatic carbocycles. The average Bonchev–Trinajstić information content (AvgIpc) is 2.91. The van der Waals surface area contributed by atoms with Crippen LogP contribution in [0.5, 0.6) is 0 Å². The zero-order valence-electron chi connectivity index (χ0n) is 12.3. The second-order valence-corrected chi connectivity index (χ2v) is 5.57. The predicted octanol–water partition coefficient (Wildman–Crippen LogP) is 3.02. The van der Waals surface area contributed by atoms with Crippen LogP contribution < -0.4 is 0 Å². The number of hydrogen-bond acceptors (Lipinski definition) is 3. The van der Waals surface area contributed by atoms with Crippen LogP contribution in [0.15, 0.2) is 47.1 Å². The molecule has 0 fully saturated rings. The average molecular weight is 307 g/mol. The van der Waals surface area contributed by atoms with E-state index >= 15 is 0 Å². The van der Waals surface area contributed by atoms with Crippen molar-refractivity contribution in [2.45, 2.75) is 13.1 Å². The van der Waals surface area contributed by atoms with Crippen LogP contribution in [0.1, 0.15) is 11.3 Å². The molecule has 0 spiro atoms. The van der Waals surface area contributed by atoms with Gasteiger partial charge in [0, 0.05) is 18.6 Å². The number of amides is 1. The van der Waals surface area contributed by atoms with Crippen molar-refractivity contribution in [1.29, 1.82) is 0 Å². The molecule has 2 aromatic rings. The van der Waals surface area contributed by atoms with Crippen LogP contribution in [0.3, 0.4) is 0 Å². The van der Waals surface area contributed by atoms with Crippen molar-refractivity contribution in [2.24, 2.45) is 0 Å². The highest BCUT2D eigenvalue weighted by Gasteiger charge is 2.13. The van der Waals surface area contributed by atoms with Crippen molar-refractivity contribution in [1.82, 2.24) is 9.80 Å². The van der Waals surface area contributed by atoms with Crippen molar-refractivity contribution in [2.75, 3.05) is 20.6 Å². The van der Waals surface area contributed by atoms with E-state index in [9.17, 15) is 4.79 Å². The molecule has 21 heavy (non-hydrogen) atoms. The second-order valence-electron chi connectivity index (χ2n) is 5.13. The number of halogens is 1. The van der Waals surface area contributed by atoms with E-state index < -0.39 is 0 Å². The topological polar surface area (TPSA) is 36.7 Å². The van der Waals surface area contributed by atoms with Gasteiger partial charge in [-0.1, -0.05) is 23.7 Å². The van der Waals surface area contributed by atoms with Crippen LogP contribution in [0.2, 0.25) is 5.02 Å². The maximum atomic E-state index is 12.2. The molecule has 4 nitrogen and oxygen atoms in total. The molecule has 1 amide bonds. The van der Waals surface area contributed by atoms with E-state index in [0.717, 1.165) is 11.3 Å². The Morgan fingerprint density at radius 3 is 2.67 bits per heavy atom. The van der Waals surface area contributed by atoms with E-state index in [1.54, 1.807) is 18.2 Å². The summed E-state index contributed by atoms with van der Waals surface area (Å²) in [6, 6.07) is 11.3. The van der Waals surface area contributed by atoms with Gasteiger partial charge in [-0.2, -0.15) is 0 Å². The SMILES string of the molecule is CN(CC(=O)N(C)Cc1ccco1)Cc1cccc(Cl)c1. The van der Waals surface area contributed by atoms with Gasteiger partial charge in [0.1, 0.15) is 5.76 Å². The molecular weight excluding hydrogens is 288 g/mol. The molecule has 0 radical (unpaired) electrons. The maximum Gasteiger partial charge on any atom is 0.236 e. The summed E-state index contributed by atoms with van der Waals surface area (Å²) in [6.07, 6.45) is 1.61. The van der Waals surface area contributed by atoms with Crippen LogP contribution in [-0.4, -0.2) is 36.3 Å². The van der Waals surface area contributed by atoms with Crippen molar-refractivity contribution in [3.05, 3.63) is 59.0 Å². The second kappa shape index (κ2) is 7.29. The van der Waals surface area contributed by atoms with E-state index in [1.807, 2.05) is 48.3 Å². The molecular formula is C16H19ClN2O2. The largest absolute Gasteiger partial charge is 0.467 e. The number of carbonyl (C=O) groups excluding carboxylic acids is 1. The normalized spacial score (nSPS) is 10.9. The minimum Gasteiger partial charge on any atom is -0.467 e. The fraction of sp³-hybridized carbons (Fsp3) is 0.312. The fourth-order valence-corrected chi connectivity index (χ4v) is 2.29. The number of nitrogens with zero attached hydrogens (tertiary/aromatic N) is 2. The summed E-state index contributed by atoms with van der Waals surface area (Å²) in [6.45, 7) is 1.52. The Balaban J connectivity index is 1.84. The van der Waals surface area contributed by atoms with Gasteiger partial charge < -0.3 is 9.32 Å². The van der Waals surface area contributed by atoms with Crippen molar-refractivity contribution >= 4 is 17.5 Å². The van der Waals surface area contributed by atoms with Gasteiger partial charge in [-0.3, -0.25) is 9.69 Å². The fourth-order valence-electron chi connectivity index (χ4n) is 2.08. The molecule has 0 N–H and O–H groups in total. The lowest BCUT2D eigenvalue weighted by Crippen LogP contribution is -2.35. The van der Waals surface area contributed by atoms with Gasteiger partial charge in [-0.15, -0.1) is 0 Å². The number of furan rings is 1. The number of benzene rings is 1. The lowest BCUT2D eigenvalue weighted by molar-refractivity contribution is -0.131. The summed E-state index contributed by atoms with van der Waals surface area (Å²) in [7, 11) is 3.69. The number of hydrogen-bond donors (Lipinski definition) is 0. The summed E-state index contributed by atoms with van der Waals surface area (Å²) in [5.74, 6) is 0.833. The Morgan fingerprint density at radius 2 is 2.00 bits per heavy atom. The van der Waals surface area contributed by atoms with Gasteiger partial charge in [-0.05, 0) is 36.9 Å². The van der Waals surface area contributed by atoms with Crippen LogP contribution in [0.25, 0.3) is 0 Å². The van der Waals surface area contributed by atoms with E-state index in [4.69, 9.17) is 16.0 Å². The number of rotatable bonds is 6. The molecule has 2 rings (SSSR count). The smallest absolute Gasteiger partial charge is 0.236 e.